The summed E-state index contributed by atoms with van der Waals surface area (Å²) in [5, 5.41) is -0.372. The summed E-state index contributed by atoms with van der Waals surface area (Å²) in [7, 11) is 0. The minimum Gasteiger partial charge on any atom is -0.432 e. The lowest BCUT2D eigenvalue weighted by Gasteiger charge is -2.32. The molecule has 0 heterocycles. The van der Waals surface area contributed by atoms with E-state index < -0.39 is 35.4 Å². The van der Waals surface area contributed by atoms with E-state index in [0.29, 0.717) is 31.6 Å². The Morgan fingerprint density at radius 1 is 0.966 bits per heavy atom. The number of alkyl halides is 5. The fraction of sp³-hybridized carbons (Fsp3) is 0.429. The van der Waals surface area contributed by atoms with Gasteiger partial charge in [0.15, 0.2) is 0 Å². The van der Waals surface area contributed by atoms with E-state index in [2.05, 4.69) is 0 Å². The first-order valence-corrected chi connectivity index (χ1v) is 9.05. The van der Waals surface area contributed by atoms with Crippen molar-refractivity contribution >= 4 is 10.8 Å². The molecule has 8 heteroatoms. The maximum absolute atomic E-state index is 14.5. The van der Waals surface area contributed by atoms with E-state index in [1.54, 1.807) is 0 Å². The molecule has 3 rings (SSSR count). The van der Waals surface area contributed by atoms with Gasteiger partial charge in [0.1, 0.15) is 17.4 Å². The maximum atomic E-state index is 14.5. The Balaban J connectivity index is 1.89. The molecule has 0 bridgehead atoms. The maximum Gasteiger partial charge on any atom is 0.458 e. The molecular weight excluding hydrogens is 401 g/mol. The van der Waals surface area contributed by atoms with Crippen LogP contribution in [0.5, 0.6) is 5.75 Å². The van der Waals surface area contributed by atoms with Gasteiger partial charge in [-0.1, -0.05) is 25.7 Å². The zero-order chi connectivity index (χ0) is 21.4. The quantitative estimate of drug-likeness (QED) is 0.392. The van der Waals surface area contributed by atoms with Crippen LogP contribution < -0.4 is 4.74 Å². The Morgan fingerprint density at radius 2 is 1.62 bits per heavy atom. The molecule has 1 fully saturated rings. The summed E-state index contributed by atoms with van der Waals surface area (Å²) < 4.78 is 98.8. The van der Waals surface area contributed by atoms with Crippen molar-refractivity contribution < 1.29 is 35.5 Å². The minimum atomic E-state index is -4.91. The Hall–Kier alpha value is -2.43. The van der Waals surface area contributed by atoms with E-state index in [9.17, 15) is 30.7 Å². The fourth-order valence-electron chi connectivity index (χ4n) is 3.46. The smallest absolute Gasteiger partial charge is 0.432 e. The number of hydrogen-bond acceptors (Lipinski definition) is 1. The molecular formula is C21H17F7O. The summed E-state index contributed by atoms with van der Waals surface area (Å²) in [6.07, 6.45) is -6.39. The third-order valence-electron chi connectivity index (χ3n) is 5.07. The molecule has 1 aliphatic rings. The predicted molar refractivity (Wildman–Crippen MR) is 93.5 cm³/mol. The Kier molecular flexibility index (Phi) is 5.70. The Bertz CT molecular complexity index is 961. The first-order chi connectivity index (χ1) is 13.5. The largest absolute Gasteiger partial charge is 0.458 e. The van der Waals surface area contributed by atoms with Crippen LogP contribution in [0, 0.1) is 35.3 Å². The topological polar surface area (TPSA) is 9.23 Å². The molecule has 0 aliphatic heterocycles. The lowest BCUT2D eigenvalue weighted by molar-refractivity contribution is -0.223. The second kappa shape index (κ2) is 7.77. The molecule has 2 aromatic carbocycles. The molecule has 0 radical (unpaired) electrons. The van der Waals surface area contributed by atoms with Gasteiger partial charge in [-0.3, -0.25) is 0 Å². The lowest BCUT2D eigenvalue weighted by atomic mass is 9.82. The third kappa shape index (κ3) is 4.95. The zero-order valence-corrected chi connectivity index (χ0v) is 15.3. The molecule has 0 saturated heterocycles. The van der Waals surface area contributed by atoms with Crippen LogP contribution in [0.4, 0.5) is 30.7 Å². The van der Waals surface area contributed by atoms with Crippen molar-refractivity contribution in [3.63, 3.8) is 0 Å². The number of ether oxygens (including phenoxy) is 1. The van der Waals surface area contributed by atoms with Crippen LogP contribution in [0.15, 0.2) is 24.3 Å². The lowest BCUT2D eigenvalue weighted by Crippen LogP contribution is -2.36. The molecule has 1 aliphatic carbocycles. The highest BCUT2D eigenvalue weighted by molar-refractivity contribution is 5.86. The highest BCUT2D eigenvalue weighted by atomic mass is 19.4. The van der Waals surface area contributed by atoms with Crippen LogP contribution in [-0.4, -0.2) is 12.3 Å². The van der Waals surface area contributed by atoms with Gasteiger partial charge in [0.25, 0.3) is 0 Å². The Labute approximate surface area is 162 Å². The van der Waals surface area contributed by atoms with E-state index in [4.69, 9.17) is 4.74 Å². The van der Waals surface area contributed by atoms with Crippen molar-refractivity contribution in [2.75, 3.05) is 0 Å². The average molecular weight is 418 g/mol. The summed E-state index contributed by atoms with van der Waals surface area (Å²) in [4.78, 5) is 0. The van der Waals surface area contributed by atoms with Gasteiger partial charge in [-0.05, 0) is 48.4 Å². The van der Waals surface area contributed by atoms with Crippen LogP contribution in [0.2, 0.25) is 0 Å². The van der Waals surface area contributed by atoms with Crippen molar-refractivity contribution in [1.82, 2.24) is 0 Å². The van der Waals surface area contributed by atoms with Gasteiger partial charge in [-0.2, -0.15) is 22.0 Å². The van der Waals surface area contributed by atoms with Gasteiger partial charge in [0.2, 0.25) is 0 Å². The summed E-state index contributed by atoms with van der Waals surface area (Å²) in [6.45, 7) is 2.00. The summed E-state index contributed by atoms with van der Waals surface area (Å²) >= 11 is 0. The van der Waals surface area contributed by atoms with Crippen LogP contribution in [0.1, 0.15) is 38.2 Å². The molecule has 0 N–H and O–H groups in total. The van der Waals surface area contributed by atoms with E-state index in [-0.39, 0.29) is 16.5 Å². The van der Waals surface area contributed by atoms with Crippen LogP contribution >= 0.6 is 0 Å². The van der Waals surface area contributed by atoms with Crippen LogP contribution in [0.25, 0.3) is 10.8 Å². The zero-order valence-electron chi connectivity index (χ0n) is 15.3. The fourth-order valence-corrected chi connectivity index (χ4v) is 3.46. The van der Waals surface area contributed by atoms with E-state index in [1.165, 1.54) is 5.92 Å². The van der Waals surface area contributed by atoms with E-state index in [0.717, 1.165) is 30.2 Å². The number of rotatable bonds is 3. The second-order valence-electron chi connectivity index (χ2n) is 7.30. The molecule has 0 unspecified atom stereocenters. The monoisotopic (exact) mass is 418 g/mol. The Morgan fingerprint density at radius 3 is 2.24 bits per heavy atom. The number of halogens is 7. The van der Waals surface area contributed by atoms with Crippen LogP contribution in [0.3, 0.4) is 0 Å². The number of hydrogen-bond donors (Lipinski definition) is 0. The normalized spacial score (nSPS) is 20.3. The molecule has 2 aromatic rings. The SMILES string of the molecule is CC1CCC(C(F)(F)Oc2ccc3c(F)c(C#CC(F)(F)F)c(F)cc3c2)CC1. The van der Waals surface area contributed by atoms with Gasteiger partial charge < -0.3 is 4.74 Å². The van der Waals surface area contributed by atoms with E-state index >= 15 is 0 Å². The van der Waals surface area contributed by atoms with Crippen molar-refractivity contribution in [2.24, 2.45) is 11.8 Å². The highest BCUT2D eigenvalue weighted by Gasteiger charge is 2.43. The van der Waals surface area contributed by atoms with Gasteiger partial charge in [-0.15, -0.1) is 0 Å². The van der Waals surface area contributed by atoms with E-state index in [1.807, 2.05) is 6.92 Å². The second-order valence-corrected chi connectivity index (χ2v) is 7.30. The van der Waals surface area contributed by atoms with Crippen molar-refractivity contribution in [1.29, 1.82) is 0 Å². The standard InChI is InChI=1S/C21H17F7O/c1-12-2-4-14(5-3-12)21(27,28)29-15-6-7-16-13(10-15)11-18(22)17(19(16)23)8-9-20(24,25)26/h6-7,10-12,14H,2-5H2,1H3. The molecule has 0 spiro atoms. The molecule has 156 valence electrons. The molecule has 1 nitrogen and oxygen atoms in total. The summed E-state index contributed by atoms with van der Waals surface area (Å²) in [5.74, 6) is -1.23. The van der Waals surface area contributed by atoms with Crippen molar-refractivity contribution in [3.8, 4) is 17.6 Å². The third-order valence-corrected chi connectivity index (χ3v) is 5.07. The molecule has 0 aromatic heterocycles. The molecule has 1 saturated carbocycles. The summed E-state index contributed by atoms with van der Waals surface area (Å²) in [5.41, 5.74) is -1.04. The van der Waals surface area contributed by atoms with Gasteiger partial charge in [0.05, 0.1) is 11.5 Å². The van der Waals surface area contributed by atoms with Crippen molar-refractivity contribution in [2.45, 2.75) is 44.9 Å². The highest BCUT2D eigenvalue weighted by Crippen LogP contribution is 2.40. The minimum absolute atomic E-state index is 0.122. The summed E-state index contributed by atoms with van der Waals surface area (Å²) in [6, 6.07) is 3.90. The number of fused-ring (bicyclic) bond motifs is 1. The van der Waals surface area contributed by atoms with Gasteiger partial charge >= 0.3 is 12.3 Å². The van der Waals surface area contributed by atoms with Gasteiger partial charge in [-0.25, -0.2) is 8.78 Å². The first-order valence-electron chi connectivity index (χ1n) is 9.05. The predicted octanol–water partition coefficient (Wildman–Crippen LogP) is 6.83. The van der Waals surface area contributed by atoms with Crippen LogP contribution in [-0.2, 0) is 0 Å². The molecule has 0 amide bonds. The van der Waals surface area contributed by atoms with Crippen molar-refractivity contribution in [3.05, 3.63) is 41.5 Å². The molecule has 0 atom stereocenters. The number of benzene rings is 2. The average Bonchev–Trinajstić information content (AvgIpc) is 2.60. The van der Waals surface area contributed by atoms with Gasteiger partial charge in [0, 0.05) is 11.3 Å². The first kappa shape index (κ1) is 21.3. The molecule has 29 heavy (non-hydrogen) atoms.